The largest absolute Gasteiger partial charge is 0.481 e. The molecule has 0 aromatic heterocycles. The van der Waals surface area contributed by atoms with Gasteiger partial charge in [0.05, 0.1) is 5.75 Å². The second kappa shape index (κ2) is 11.5. The number of aliphatic carboxylic acids is 1. The number of hydrogen-bond acceptors (Lipinski definition) is 4. The third-order valence-electron chi connectivity index (χ3n) is 2.87. The van der Waals surface area contributed by atoms with Crippen LogP contribution in [0.5, 0.6) is 0 Å². The number of amides is 2. The lowest BCUT2D eigenvalue weighted by Crippen LogP contribution is -2.24. The second-order valence-corrected chi connectivity index (χ2v) is 6.02. The molecule has 1 aromatic rings. The molecule has 0 spiro atoms. The first-order chi connectivity index (χ1) is 11.1. The van der Waals surface area contributed by atoms with E-state index in [1.54, 1.807) is 0 Å². The van der Waals surface area contributed by atoms with Crippen LogP contribution in [0.25, 0.3) is 0 Å². The smallest absolute Gasteiger partial charge is 0.303 e. The molecule has 1 rings (SSSR count). The SMILES string of the molecule is O=C(O)CCCNC(=O)CCCSCC(=O)Nc1ccccc1. The summed E-state index contributed by atoms with van der Waals surface area (Å²) in [6.07, 6.45) is 1.58. The summed E-state index contributed by atoms with van der Waals surface area (Å²) in [7, 11) is 0. The highest BCUT2D eigenvalue weighted by Gasteiger charge is 2.04. The molecule has 0 saturated heterocycles. The Morgan fingerprint density at radius 2 is 1.74 bits per heavy atom. The Labute approximate surface area is 140 Å². The zero-order chi connectivity index (χ0) is 16.9. The van der Waals surface area contributed by atoms with E-state index in [0.717, 1.165) is 11.4 Å². The molecule has 0 aliphatic rings. The number of nitrogens with one attached hydrogen (secondary N) is 2. The molecule has 126 valence electrons. The first kappa shape index (κ1) is 19.0. The van der Waals surface area contributed by atoms with Crippen LogP contribution in [0.2, 0.25) is 0 Å². The number of carboxylic acids is 1. The van der Waals surface area contributed by atoms with Crippen LogP contribution < -0.4 is 10.6 Å². The van der Waals surface area contributed by atoms with Gasteiger partial charge < -0.3 is 15.7 Å². The summed E-state index contributed by atoms with van der Waals surface area (Å²) in [5, 5.41) is 13.9. The van der Waals surface area contributed by atoms with E-state index in [1.807, 2.05) is 30.3 Å². The molecule has 7 heteroatoms. The van der Waals surface area contributed by atoms with Crippen molar-refractivity contribution in [3.63, 3.8) is 0 Å². The molecule has 1 aromatic carbocycles. The molecule has 23 heavy (non-hydrogen) atoms. The number of thioether (sulfide) groups is 1. The van der Waals surface area contributed by atoms with Gasteiger partial charge in [-0.1, -0.05) is 18.2 Å². The van der Waals surface area contributed by atoms with Gasteiger partial charge in [-0.3, -0.25) is 14.4 Å². The molecular weight excluding hydrogens is 316 g/mol. The highest BCUT2D eigenvalue weighted by atomic mass is 32.2. The lowest BCUT2D eigenvalue weighted by atomic mass is 10.3. The Bertz CT molecular complexity index is 508. The number of anilines is 1. The maximum absolute atomic E-state index is 11.7. The number of carbonyl (C=O) groups is 3. The van der Waals surface area contributed by atoms with Gasteiger partial charge in [0.1, 0.15) is 0 Å². The first-order valence-electron chi connectivity index (χ1n) is 7.49. The topological polar surface area (TPSA) is 95.5 Å². The van der Waals surface area contributed by atoms with E-state index in [-0.39, 0.29) is 18.2 Å². The number of carboxylic acid groups (broad SMARTS) is 1. The lowest BCUT2D eigenvalue weighted by Gasteiger charge is -2.05. The van der Waals surface area contributed by atoms with Crippen LogP contribution in [-0.4, -0.2) is 40.9 Å². The molecule has 0 saturated carbocycles. The minimum absolute atomic E-state index is 0.0562. The van der Waals surface area contributed by atoms with E-state index in [4.69, 9.17) is 5.11 Å². The van der Waals surface area contributed by atoms with Crippen molar-refractivity contribution in [3.8, 4) is 0 Å². The normalized spacial score (nSPS) is 10.1. The van der Waals surface area contributed by atoms with E-state index in [2.05, 4.69) is 10.6 Å². The molecular formula is C16H22N2O4S. The summed E-state index contributed by atoms with van der Waals surface area (Å²) < 4.78 is 0. The van der Waals surface area contributed by atoms with Crippen LogP contribution in [0.4, 0.5) is 5.69 Å². The first-order valence-corrected chi connectivity index (χ1v) is 8.64. The zero-order valence-electron chi connectivity index (χ0n) is 12.9. The average molecular weight is 338 g/mol. The van der Waals surface area contributed by atoms with Crippen molar-refractivity contribution < 1.29 is 19.5 Å². The zero-order valence-corrected chi connectivity index (χ0v) is 13.7. The van der Waals surface area contributed by atoms with Crippen LogP contribution >= 0.6 is 11.8 Å². The summed E-state index contributed by atoms with van der Waals surface area (Å²) in [6, 6.07) is 9.27. The second-order valence-electron chi connectivity index (χ2n) is 4.92. The third-order valence-corrected chi connectivity index (χ3v) is 3.92. The van der Waals surface area contributed by atoms with Crippen LogP contribution in [-0.2, 0) is 14.4 Å². The Morgan fingerprint density at radius 1 is 1.00 bits per heavy atom. The molecule has 0 bridgehead atoms. The predicted octanol–water partition coefficient (Wildman–Crippen LogP) is 2.12. The van der Waals surface area contributed by atoms with Gasteiger partial charge in [-0.2, -0.15) is 11.8 Å². The summed E-state index contributed by atoms with van der Waals surface area (Å²) in [6.45, 7) is 0.387. The van der Waals surface area contributed by atoms with Crippen molar-refractivity contribution in [2.24, 2.45) is 0 Å². The quantitative estimate of drug-likeness (QED) is 0.537. The molecule has 0 fully saturated rings. The van der Waals surface area contributed by atoms with Crippen molar-refractivity contribution in [2.75, 3.05) is 23.4 Å². The Kier molecular flexibility index (Phi) is 9.54. The van der Waals surface area contributed by atoms with Crippen LogP contribution in [0.3, 0.4) is 0 Å². The molecule has 2 amide bonds. The van der Waals surface area contributed by atoms with Crippen LogP contribution in [0.1, 0.15) is 25.7 Å². The standard InChI is InChI=1S/C16H22N2O4S/c19-14(17-10-4-9-16(21)22)8-5-11-23-12-15(20)18-13-6-2-1-3-7-13/h1-3,6-7H,4-5,8-12H2,(H,17,19)(H,18,20)(H,21,22). The fourth-order valence-electron chi connectivity index (χ4n) is 1.77. The van der Waals surface area contributed by atoms with Crippen molar-refractivity contribution in [1.82, 2.24) is 5.32 Å². The summed E-state index contributed by atoms with van der Waals surface area (Å²) >= 11 is 1.49. The van der Waals surface area contributed by atoms with E-state index in [9.17, 15) is 14.4 Å². The number of carbonyl (C=O) groups excluding carboxylic acids is 2. The van der Waals surface area contributed by atoms with Gasteiger partial charge in [-0.05, 0) is 30.7 Å². The molecule has 6 nitrogen and oxygen atoms in total. The Balaban J connectivity index is 1.99. The number of benzene rings is 1. The molecule has 0 heterocycles. The highest BCUT2D eigenvalue weighted by molar-refractivity contribution is 7.99. The van der Waals surface area contributed by atoms with Crippen molar-refractivity contribution in [3.05, 3.63) is 30.3 Å². The van der Waals surface area contributed by atoms with Gasteiger partial charge in [-0.25, -0.2) is 0 Å². The van der Waals surface area contributed by atoms with E-state index >= 15 is 0 Å². The third kappa shape index (κ3) is 10.4. The summed E-state index contributed by atoms with van der Waals surface area (Å²) in [4.78, 5) is 33.5. The number of hydrogen-bond donors (Lipinski definition) is 3. The monoisotopic (exact) mass is 338 g/mol. The fraction of sp³-hybridized carbons (Fsp3) is 0.438. The maximum atomic E-state index is 11.7. The minimum Gasteiger partial charge on any atom is -0.481 e. The molecule has 0 radical (unpaired) electrons. The van der Waals surface area contributed by atoms with Gasteiger partial charge in [0.25, 0.3) is 0 Å². The van der Waals surface area contributed by atoms with Crippen LogP contribution in [0.15, 0.2) is 30.3 Å². The van der Waals surface area contributed by atoms with Gasteiger partial charge in [0.15, 0.2) is 0 Å². The molecule has 0 unspecified atom stereocenters. The summed E-state index contributed by atoms with van der Waals surface area (Å²) in [5.41, 5.74) is 0.777. The maximum Gasteiger partial charge on any atom is 0.303 e. The minimum atomic E-state index is -0.857. The van der Waals surface area contributed by atoms with Crippen molar-refractivity contribution in [2.45, 2.75) is 25.7 Å². The number of para-hydroxylation sites is 1. The number of rotatable bonds is 11. The van der Waals surface area contributed by atoms with Crippen molar-refractivity contribution >= 4 is 35.2 Å². The van der Waals surface area contributed by atoms with Gasteiger partial charge in [0.2, 0.25) is 11.8 Å². The molecule has 0 aliphatic heterocycles. The van der Waals surface area contributed by atoms with Crippen molar-refractivity contribution in [1.29, 1.82) is 0 Å². The van der Waals surface area contributed by atoms with Gasteiger partial charge >= 0.3 is 5.97 Å². The van der Waals surface area contributed by atoms with Gasteiger partial charge in [0, 0.05) is 25.1 Å². The van der Waals surface area contributed by atoms with E-state index < -0.39 is 5.97 Å². The highest BCUT2D eigenvalue weighted by Crippen LogP contribution is 2.08. The summed E-state index contributed by atoms with van der Waals surface area (Å²) in [5.74, 6) is 0.0911. The molecule has 0 atom stereocenters. The van der Waals surface area contributed by atoms with E-state index in [1.165, 1.54) is 11.8 Å². The predicted molar refractivity (Wildman–Crippen MR) is 91.5 cm³/mol. The Hall–Kier alpha value is -2.02. The molecule has 0 aliphatic carbocycles. The lowest BCUT2D eigenvalue weighted by molar-refractivity contribution is -0.137. The fourth-order valence-corrected chi connectivity index (χ4v) is 2.52. The van der Waals surface area contributed by atoms with Gasteiger partial charge in [-0.15, -0.1) is 0 Å². The molecule has 3 N–H and O–H groups in total. The van der Waals surface area contributed by atoms with E-state index in [0.29, 0.717) is 31.6 Å². The average Bonchev–Trinajstić information content (AvgIpc) is 2.52. The van der Waals surface area contributed by atoms with Crippen LogP contribution in [0, 0.1) is 0 Å². The Morgan fingerprint density at radius 3 is 2.43 bits per heavy atom.